The predicted molar refractivity (Wildman–Crippen MR) is 19.8 cm³/mol. The van der Waals surface area contributed by atoms with E-state index in [1.807, 2.05) is 48.3 Å². The van der Waals surface area contributed by atoms with Gasteiger partial charge in [-0.15, -0.1) is 0 Å². The van der Waals surface area contributed by atoms with E-state index in [0.29, 0.717) is 0 Å². The van der Waals surface area contributed by atoms with Crippen LogP contribution in [0.3, 0.4) is 0 Å². The third-order valence-corrected chi connectivity index (χ3v) is 1.07. The van der Waals surface area contributed by atoms with Crippen molar-refractivity contribution in [3.63, 3.8) is 0 Å². The van der Waals surface area contributed by atoms with Crippen LogP contribution < -0.4 is 0 Å². The molecule has 0 N–H and O–H groups in total. The van der Waals surface area contributed by atoms with Crippen LogP contribution in [0.1, 0.15) is 0 Å². The van der Waals surface area contributed by atoms with Gasteiger partial charge in [0.1, 0.15) is 0 Å². The molecule has 2 heteroatoms. The van der Waals surface area contributed by atoms with Crippen LogP contribution >= 0.6 is 0 Å². The molecule has 0 aliphatic rings. The molecule has 0 amide bonds. The molecule has 1 rings (SSSR count). The van der Waals surface area contributed by atoms with Crippen molar-refractivity contribution >= 4 is 0 Å². The molecule has 1 heterocycles. The third-order valence-electron chi connectivity index (χ3n) is 0.604. The van der Waals surface area contributed by atoms with E-state index in [2.05, 4.69) is 0 Å². The van der Waals surface area contributed by atoms with Crippen LogP contribution in [0.2, 0.25) is 0 Å². The first-order valence-corrected chi connectivity index (χ1v) is 2.44. The first-order valence-electron chi connectivity index (χ1n) is 1.74. The van der Waals surface area contributed by atoms with E-state index in [1.54, 1.807) is 0 Å². The summed E-state index contributed by atoms with van der Waals surface area (Å²) in [5.74, 6) is 0. The molecule has 0 aromatic carbocycles. The van der Waals surface area contributed by atoms with Crippen molar-refractivity contribution in [2.24, 2.45) is 0 Å². The minimum atomic E-state index is 2.00. The molecule has 0 saturated carbocycles. The van der Waals surface area contributed by atoms with E-state index in [-0.39, 0.29) is 0 Å². The SMILES string of the molecule is [Ti][n]1cccc1. The molecule has 1 aromatic rings. The summed E-state index contributed by atoms with van der Waals surface area (Å²) in [6.45, 7) is 0. The molecule has 0 atom stereocenters. The first kappa shape index (κ1) is 4.16. The molecule has 0 aliphatic heterocycles. The predicted octanol–water partition coefficient (Wildman–Crippen LogP) is 0.798. The summed E-state index contributed by atoms with van der Waals surface area (Å²) in [6.07, 6.45) is 4.00. The van der Waals surface area contributed by atoms with Gasteiger partial charge in [-0.2, -0.15) is 0 Å². The number of aromatic nitrogens is 1. The number of hydrogen-bond donors (Lipinski definition) is 0. The Kier molecular flexibility index (Phi) is 1.13. The average molecular weight is 114 g/mol. The van der Waals surface area contributed by atoms with Crippen LogP contribution in [0, 0.1) is 0 Å². The maximum atomic E-state index is 2.00. The van der Waals surface area contributed by atoms with Crippen molar-refractivity contribution in [1.29, 1.82) is 0 Å². The Morgan fingerprint density at radius 2 is 1.67 bits per heavy atom. The van der Waals surface area contributed by atoms with Gasteiger partial charge in [0.25, 0.3) is 0 Å². The molecule has 29 valence electrons. The Bertz CT molecular complexity index is 111. The van der Waals surface area contributed by atoms with Gasteiger partial charge in [-0.1, -0.05) is 0 Å². The maximum absolute atomic E-state index is 2.00. The molecule has 1 aromatic heterocycles. The van der Waals surface area contributed by atoms with Crippen molar-refractivity contribution in [2.75, 3.05) is 0 Å². The van der Waals surface area contributed by atoms with Crippen molar-refractivity contribution in [3.05, 3.63) is 24.5 Å². The zero-order chi connectivity index (χ0) is 4.41. The monoisotopic (exact) mass is 114 g/mol. The van der Waals surface area contributed by atoms with Crippen molar-refractivity contribution < 1.29 is 20.7 Å². The van der Waals surface area contributed by atoms with Crippen LogP contribution in [0.15, 0.2) is 24.5 Å². The molecule has 1 nitrogen and oxygen atoms in total. The van der Waals surface area contributed by atoms with Crippen LogP contribution in [-0.4, -0.2) is 3.05 Å². The molecule has 6 heavy (non-hydrogen) atoms. The van der Waals surface area contributed by atoms with Crippen molar-refractivity contribution in [1.82, 2.24) is 3.05 Å². The minimum absolute atomic E-state index is 2.00. The van der Waals surface area contributed by atoms with E-state index < -0.39 is 0 Å². The van der Waals surface area contributed by atoms with Crippen molar-refractivity contribution in [2.45, 2.75) is 0 Å². The average Bonchev–Trinajstić information content (AvgIpc) is 1.86. The van der Waals surface area contributed by atoms with Crippen LogP contribution in [0.5, 0.6) is 0 Å². The topological polar surface area (TPSA) is 4.93 Å². The summed E-state index contributed by atoms with van der Waals surface area (Å²) < 4.78 is 2.00. The van der Waals surface area contributed by atoms with E-state index in [0.717, 1.165) is 0 Å². The Morgan fingerprint density at radius 3 is 1.83 bits per heavy atom. The number of nitrogens with zero attached hydrogens (tertiary/aromatic N) is 1. The van der Waals surface area contributed by atoms with Gasteiger partial charge < -0.3 is 0 Å². The zero-order valence-electron chi connectivity index (χ0n) is 3.26. The fraction of sp³-hybridized carbons (Fsp3) is 0. The molecule has 0 fully saturated rings. The van der Waals surface area contributed by atoms with Crippen LogP contribution in [-0.2, 0) is 20.7 Å². The molecule has 0 spiro atoms. The second kappa shape index (κ2) is 1.63. The van der Waals surface area contributed by atoms with E-state index in [1.165, 1.54) is 0 Å². The van der Waals surface area contributed by atoms with Crippen LogP contribution in [0.4, 0.5) is 0 Å². The van der Waals surface area contributed by atoms with Crippen LogP contribution in [0.25, 0.3) is 0 Å². The Morgan fingerprint density at radius 1 is 1.17 bits per heavy atom. The van der Waals surface area contributed by atoms with E-state index >= 15 is 0 Å². The van der Waals surface area contributed by atoms with Gasteiger partial charge >= 0.3 is 48.3 Å². The Labute approximate surface area is 48.7 Å². The molecule has 0 radical (unpaired) electrons. The first-order chi connectivity index (χ1) is 2.89. The van der Waals surface area contributed by atoms with Gasteiger partial charge in [0.2, 0.25) is 0 Å². The van der Waals surface area contributed by atoms with Gasteiger partial charge in [-0.25, -0.2) is 0 Å². The summed E-state index contributed by atoms with van der Waals surface area (Å²) in [6, 6.07) is 4.00. The molecule has 0 aliphatic carbocycles. The van der Waals surface area contributed by atoms with Crippen molar-refractivity contribution in [3.8, 4) is 0 Å². The van der Waals surface area contributed by atoms with Gasteiger partial charge in [-0.3, -0.25) is 0 Å². The normalized spacial score (nSPS) is 8.50. The van der Waals surface area contributed by atoms with E-state index in [9.17, 15) is 0 Å². The third kappa shape index (κ3) is 0.732. The molecule has 0 bridgehead atoms. The summed E-state index contributed by atoms with van der Waals surface area (Å²) in [5.41, 5.74) is 0. The number of hydrogen-bond acceptors (Lipinski definition) is 0. The fourth-order valence-corrected chi connectivity index (χ4v) is 0.603. The summed E-state index contributed by atoms with van der Waals surface area (Å²) in [5, 5.41) is 0. The molecular weight excluding hydrogens is 110 g/mol. The fourth-order valence-electron chi connectivity index (χ4n) is 0.335. The van der Waals surface area contributed by atoms with Gasteiger partial charge in [-0.05, 0) is 0 Å². The summed E-state index contributed by atoms with van der Waals surface area (Å²) in [7, 11) is 0. The second-order valence-electron chi connectivity index (χ2n) is 1.09. The molecule has 0 unspecified atom stereocenters. The van der Waals surface area contributed by atoms with Gasteiger partial charge in [0.05, 0.1) is 0 Å². The standard InChI is InChI=1S/C4H4N.Ti/c1-2-4-5-3-1;/h1-4H;/q-1;+1. The quantitative estimate of drug-likeness (QED) is 0.439. The van der Waals surface area contributed by atoms with Gasteiger partial charge in [0, 0.05) is 0 Å². The van der Waals surface area contributed by atoms with E-state index in [4.69, 9.17) is 0 Å². The summed E-state index contributed by atoms with van der Waals surface area (Å²) >= 11 is 2.00. The second-order valence-corrected chi connectivity index (χ2v) is 1.90. The summed E-state index contributed by atoms with van der Waals surface area (Å²) in [4.78, 5) is 0. The molecule has 0 saturated heterocycles. The zero-order valence-corrected chi connectivity index (χ0v) is 4.82. The Balaban J connectivity index is 3.05. The molecular formula is C4H4NTi. The number of rotatable bonds is 0. The van der Waals surface area contributed by atoms with Gasteiger partial charge in [0.15, 0.2) is 0 Å². The Hall–Kier alpha value is -0.00571.